The lowest BCUT2D eigenvalue weighted by Crippen LogP contribution is -2.46. The maximum absolute atomic E-state index is 11.3. The van der Waals surface area contributed by atoms with Crippen molar-refractivity contribution in [2.24, 2.45) is 5.41 Å². The molecule has 0 radical (unpaired) electrons. The number of hydrogen-bond acceptors (Lipinski definition) is 4. The monoisotopic (exact) mass is 275 g/mol. The highest BCUT2D eigenvalue weighted by atomic mass is 16.5. The molecule has 0 heterocycles. The number of rotatable bonds is 8. The van der Waals surface area contributed by atoms with E-state index in [0.29, 0.717) is 13.2 Å². The van der Waals surface area contributed by atoms with Crippen LogP contribution >= 0.6 is 0 Å². The van der Waals surface area contributed by atoms with Gasteiger partial charge in [0, 0.05) is 20.2 Å². The van der Waals surface area contributed by atoms with Gasteiger partial charge in [-0.15, -0.1) is 0 Å². The molecular formula is C11H21N3O5. The fraction of sp³-hybridized carbons (Fsp3) is 0.727. The summed E-state index contributed by atoms with van der Waals surface area (Å²) < 4.78 is 4.75. The van der Waals surface area contributed by atoms with Crippen LogP contribution in [0.15, 0.2) is 0 Å². The average molecular weight is 275 g/mol. The predicted molar refractivity (Wildman–Crippen MR) is 67.7 cm³/mol. The first kappa shape index (κ1) is 17.2. The molecular weight excluding hydrogens is 254 g/mol. The van der Waals surface area contributed by atoms with E-state index in [0.717, 1.165) is 0 Å². The Bertz CT molecular complexity index is 330. The largest absolute Gasteiger partial charge is 0.481 e. The molecule has 0 rings (SSSR count). The van der Waals surface area contributed by atoms with Crippen molar-refractivity contribution in [3.63, 3.8) is 0 Å². The second kappa shape index (κ2) is 8.30. The minimum atomic E-state index is -1.06. The Morgan fingerprint density at radius 3 is 2.32 bits per heavy atom. The molecule has 0 saturated carbocycles. The summed E-state index contributed by atoms with van der Waals surface area (Å²) in [4.78, 5) is 33.4. The number of carbonyl (C=O) groups is 3. The molecule has 0 aliphatic rings. The van der Waals surface area contributed by atoms with Crippen molar-refractivity contribution in [1.29, 1.82) is 0 Å². The summed E-state index contributed by atoms with van der Waals surface area (Å²) in [5.74, 6) is -1.35. The lowest BCUT2D eigenvalue weighted by molar-refractivity contribution is -0.146. The molecule has 0 aromatic rings. The predicted octanol–water partition coefficient (Wildman–Crippen LogP) is -0.841. The Morgan fingerprint density at radius 2 is 1.79 bits per heavy atom. The summed E-state index contributed by atoms with van der Waals surface area (Å²) in [6.07, 6.45) is 0. The van der Waals surface area contributed by atoms with E-state index >= 15 is 0 Å². The number of carboxylic acids is 1. The number of aliphatic carboxylic acids is 1. The first-order chi connectivity index (χ1) is 8.79. The molecule has 110 valence electrons. The number of ether oxygens (including phenoxy) is 1. The lowest BCUT2D eigenvalue weighted by Gasteiger charge is -2.19. The van der Waals surface area contributed by atoms with E-state index in [-0.39, 0.29) is 19.0 Å². The van der Waals surface area contributed by atoms with E-state index in [2.05, 4.69) is 16.0 Å². The van der Waals surface area contributed by atoms with Crippen LogP contribution in [0.3, 0.4) is 0 Å². The minimum Gasteiger partial charge on any atom is -0.481 e. The molecule has 0 aromatic carbocycles. The molecule has 19 heavy (non-hydrogen) atoms. The molecule has 0 saturated heterocycles. The molecule has 0 unspecified atom stereocenters. The highest BCUT2D eigenvalue weighted by Gasteiger charge is 2.27. The van der Waals surface area contributed by atoms with E-state index < -0.39 is 17.4 Å². The van der Waals surface area contributed by atoms with Crippen LogP contribution in [-0.4, -0.2) is 56.4 Å². The van der Waals surface area contributed by atoms with Gasteiger partial charge in [-0.3, -0.25) is 9.59 Å². The highest BCUT2D eigenvalue weighted by molar-refractivity contribution is 5.84. The fourth-order valence-corrected chi connectivity index (χ4v) is 0.955. The van der Waals surface area contributed by atoms with Gasteiger partial charge in [0.25, 0.3) is 0 Å². The molecule has 0 atom stereocenters. The summed E-state index contributed by atoms with van der Waals surface area (Å²) in [6.45, 7) is 3.54. The molecule has 3 amide bonds. The summed E-state index contributed by atoms with van der Waals surface area (Å²) in [6, 6.07) is -0.587. The number of hydrogen-bond donors (Lipinski definition) is 4. The van der Waals surface area contributed by atoms with Crippen molar-refractivity contribution >= 4 is 17.9 Å². The van der Waals surface area contributed by atoms with E-state index in [1.54, 1.807) is 0 Å². The van der Waals surface area contributed by atoms with Gasteiger partial charge in [-0.25, -0.2) is 4.79 Å². The summed E-state index contributed by atoms with van der Waals surface area (Å²) in [5.41, 5.74) is -1.06. The molecule has 4 N–H and O–H groups in total. The van der Waals surface area contributed by atoms with E-state index in [4.69, 9.17) is 9.84 Å². The second-order valence-corrected chi connectivity index (χ2v) is 4.57. The third-order valence-corrected chi connectivity index (χ3v) is 2.31. The highest BCUT2D eigenvalue weighted by Crippen LogP contribution is 2.12. The van der Waals surface area contributed by atoms with Gasteiger partial charge in [-0.2, -0.15) is 0 Å². The van der Waals surface area contributed by atoms with Gasteiger partial charge in [0.1, 0.15) is 0 Å². The van der Waals surface area contributed by atoms with Crippen molar-refractivity contribution in [2.75, 3.05) is 33.4 Å². The van der Waals surface area contributed by atoms with Crippen molar-refractivity contribution in [1.82, 2.24) is 16.0 Å². The number of amides is 3. The van der Waals surface area contributed by atoms with Crippen LogP contribution in [0.25, 0.3) is 0 Å². The maximum atomic E-state index is 11.3. The first-order valence-electron chi connectivity index (χ1n) is 5.80. The molecule has 0 fully saturated rings. The van der Waals surface area contributed by atoms with E-state index in [1.807, 2.05) is 0 Å². The Balaban J connectivity index is 3.82. The van der Waals surface area contributed by atoms with Gasteiger partial charge in [0.05, 0.1) is 18.6 Å². The third-order valence-electron chi connectivity index (χ3n) is 2.31. The first-order valence-corrected chi connectivity index (χ1v) is 5.80. The normalized spacial score (nSPS) is 10.7. The van der Waals surface area contributed by atoms with Gasteiger partial charge >= 0.3 is 12.0 Å². The van der Waals surface area contributed by atoms with Crippen LogP contribution < -0.4 is 16.0 Å². The average Bonchev–Trinajstić information content (AvgIpc) is 2.34. The summed E-state index contributed by atoms with van der Waals surface area (Å²) >= 11 is 0. The van der Waals surface area contributed by atoms with Gasteiger partial charge in [0.15, 0.2) is 0 Å². The van der Waals surface area contributed by atoms with Crippen LogP contribution in [0.2, 0.25) is 0 Å². The van der Waals surface area contributed by atoms with Crippen LogP contribution in [0.5, 0.6) is 0 Å². The van der Waals surface area contributed by atoms with Crippen molar-refractivity contribution in [2.45, 2.75) is 13.8 Å². The number of carboxylic acid groups (broad SMARTS) is 1. The Morgan fingerprint density at radius 1 is 1.16 bits per heavy atom. The zero-order valence-electron chi connectivity index (χ0n) is 11.4. The van der Waals surface area contributed by atoms with Gasteiger partial charge < -0.3 is 25.8 Å². The van der Waals surface area contributed by atoms with E-state index in [9.17, 15) is 14.4 Å². The number of carbonyl (C=O) groups excluding carboxylic acids is 2. The smallest absolute Gasteiger partial charge is 0.315 e. The van der Waals surface area contributed by atoms with Crippen molar-refractivity contribution in [3.8, 4) is 0 Å². The molecule has 0 aliphatic carbocycles. The van der Waals surface area contributed by atoms with Crippen LogP contribution in [0.1, 0.15) is 13.8 Å². The summed E-state index contributed by atoms with van der Waals surface area (Å²) in [7, 11) is 1.52. The molecule has 8 heteroatoms. The molecule has 0 bridgehead atoms. The molecule has 0 aromatic heterocycles. The van der Waals surface area contributed by atoms with Crippen molar-refractivity contribution < 1.29 is 24.2 Å². The Kier molecular flexibility index (Phi) is 7.50. The zero-order valence-corrected chi connectivity index (χ0v) is 11.4. The lowest BCUT2D eigenvalue weighted by atomic mass is 9.94. The SMILES string of the molecule is COCCNC(=O)CNC(=O)NCC(C)(C)C(=O)O. The fourth-order valence-electron chi connectivity index (χ4n) is 0.955. The van der Waals surface area contributed by atoms with E-state index in [1.165, 1.54) is 21.0 Å². The zero-order chi connectivity index (χ0) is 14.9. The Labute approximate surface area is 111 Å². The summed E-state index contributed by atoms with van der Waals surface area (Å²) in [5, 5.41) is 16.1. The van der Waals surface area contributed by atoms with Crippen LogP contribution in [0.4, 0.5) is 4.79 Å². The standard InChI is InChI=1S/C11H21N3O5/c1-11(2,9(16)17)7-14-10(18)13-6-8(15)12-4-5-19-3/h4-7H2,1-3H3,(H,12,15)(H,16,17)(H2,13,14,18). The molecule has 0 aliphatic heterocycles. The second-order valence-electron chi connectivity index (χ2n) is 4.57. The third kappa shape index (κ3) is 7.98. The molecule has 8 nitrogen and oxygen atoms in total. The number of urea groups is 1. The topological polar surface area (TPSA) is 117 Å². The number of nitrogens with one attached hydrogen (secondary N) is 3. The minimum absolute atomic E-state index is 0.0283. The molecule has 0 spiro atoms. The van der Waals surface area contributed by atoms with Gasteiger partial charge in [0.2, 0.25) is 5.91 Å². The Hall–Kier alpha value is -1.83. The maximum Gasteiger partial charge on any atom is 0.315 e. The quantitative estimate of drug-likeness (QED) is 0.431. The number of methoxy groups -OCH3 is 1. The van der Waals surface area contributed by atoms with Crippen molar-refractivity contribution in [3.05, 3.63) is 0 Å². The van der Waals surface area contributed by atoms with Gasteiger partial charge in [-0.05, 0) is 13.8 Å². The van der Waals surface area contributed by atoms with Crippen LogP contribution in [-0.2, 0) is 14.3 Å². The van der Waals surface area contributed by atoms with Gasteiger partial charge in [-0.1, -0.05) is 0 Å². The van der Waals surface area contributed by atoms with Crippen LogP contribution in [0, 0.1) is 5.41 Å².